The Labute approximate surface area is 109 Å². The second kappa shape index (κ2) is 4.86. The van der Waals surface area contributed by atoms with Gasteiger partial charge < -0.3 is 0 Å². The molecule has 18 heavy (non-hydrogen) atoms. The number of benzene rings is 1. The highest BCUT2D eigenvalue weighted by Crippen LogP contribution is 2.27. The van der Waals surface area contributed by atoms with Crippen LogP contribution in [-0.2, 0) is 0 Å². The summed E-state index contributed by atoms with van der Waals surface area (Å²) in [6.45, 7) is 0. The van der Waals surface area contributed by atoms with Gasteiger partial charge in [0.1, 0.15) is 0 Å². The lowest BCUT2D eigenvalue weighted by atomic mass is 10.0. The van der Waals surface area contributed by atoms with E-state index in [4.69, 9.17) is 5.84 Å². The van der Waals surface area contributed by atoms with Gasteiger partial charge in [0.15, 0.2) is 0 Å². The summed E-state index contributed by atoms with van der Waals surface area (Å²) >= 11 is 1.66. The van der Waals surface area contributed by atoms with Crippen LogP contribution in [0.1, 0.15) is 17.3 Å². The Hall–Kier alpha value is -1.75. The molecule has 3 aromatic rings. The molecule has 0 aliphatic rings. The lowest BCUT2D eigenvalue weighted by Gasteiger charge is -2.16. The highest BCUT2D eigenvalue weighted by Gasteiger charge is 2.16. The molecule has 0 radical (unpaired) electrons. The minimum absolute atomic E-state index is 0.0673. The molecule has 0 aliphatic carbocycles. The molecule has 0 amide bonds. The maximum Gasteiger partial charge on any atom is 0.0895 e. The molecule has 0 saturated heterocycles. The van der Waals surface area contributed by atoms with Crippen molar-refractivity contribution in [3.8, 4) is 0 Å². The SMILES string of the molecule is NNC(c1ccsc1)c1nccc2ccccc12. The van der Waals surface area contributed by atoms with Crippen LogP contribution in [0.25, 0.3) is 10.8 Å². The average molecular weight is 255 g/mol. The third kappa shape index (κ3) is 1.90. The number of fused-ring (bicyclic) bond motifs is 1. The molecule has 3 rings (SSSR count). The van der Waals surface area contributed by atoms with E-state index in [0.717, 1.165) is 16.6 Å². The molecule has 1 unspecified atom stereocenters. The van der Waals surface area contributed by atoms with Crippen molar-refractivity contribution in [2.24, 2.45) is 5.84 Å². The van der Waals surface area contributed by atoms with Gasteiger partial charge in [-0.25, -0.2) is 5.43 Å². The highest BCUT2D eigenvalue weighted by molar-refractivity contribution is 7.08. The fourth-order valence-electron chi connectivity index (χ4n) is 2.15. The molecule has 3 N–H and O–H groups in total. The summed E-state index contributed by atoms with van der Waals surface area (Å²) in [6, 6.07) is 12.2. The van der Waals surface area contributed by atoms with Crippen molar-refractivity contribution in [3.05, 3.63) is 64.6 Å². The van der Waals surface area contributed by atoms with E-state index in [0.29, 0.717) is 0 Å². The number of nitrogens with zero attached hydrogens (tertiary/aromatic N) is 1. The summed E-state index contributed by atoms with van der Waals surface area (Å²) in [4.78, 5) is 4.50. The Morgan fingerprint density at radius 3 is 2.83 bits per heavy atom. The molecular formula is C14H13N3S. The zero-order chi connectivity index (χ0) is 12.4. The molecular weight excluding hydrogens is 242 g/mol. The molecule has 2 aromatic heterocycles. The quantitative estimate of drug-likeness (QED) is 0.559. The van der Waals surface area contributed by atoms with Gasteiger partial charge in [0.05, 0.1) is 11.7 Å². The zero-order valence-corrected chi connectivity index (χ0v) is 10.5. The number of nitrogens with one attached hydrogen (secondary N) is 1. The molecule has 90 valence electrons. The van der Waals surface area contributed by atoms with Crippen molar-refractivity contribution < 1.29 is 0 Å². The smallest absolute Gasteiger partial charge is 0.0895 e. The predicted molar refractivity (Wildman–Crippen MR) is 75.2 cm³/mol. The summed E-state index contributed by atoms with van der Waals surface area (Å²) in [7, 11) is 0. The van der Waals surface area contributed by atoms with Crippen LogP contribution in [-0.4, -0.2) is 4.98 Å². The van der Waals surface area contributed by atoms with Crippen LogP contribution in [0.5, 0.6) is 0 Å². The van der Waals surface area contributed by atoms with E-state index in [1.54, 1.807) is 11.3 Å². The van der Waals surface area contributed by atoms with Crippen LogP contribution in [0.4, 0.5) is 0 Å². The highest BCUT2D eigenvalue weighted by atomic mass is 32.1. The van der Waals surface area contributed by atoms with E-state index >= 15 is 0 Å². The summed E-state index contributed by atoms with van der Waals surface area (Å²) in [5.41, 5.74) is 4.97. The van der Waals surface area contributed by atoms with E-state index in [-0.39, 0.29) is 6.04 Å². The van der Waals surface area contributed by atoms with Crippen molar-refractivity contribution in [2.45, 2.75) is 6.04 Å². The van der Waals surface area contributed by atoms with Crippen LogP contribution < -0.4 is 11.3 Å². The lowest BCUT2D eigenvalue weighted by Crippen LogP contribution is -2.29. The predicted octanol–water partition coefficient (Wildman–Crippen LogP) is 2.85. The third-order valence-electron chi connectivity index (χ3n) is 3.02. The minimum Gasteiger partial charge on any atom is -0.271 e. The second-order valence-electron chi connectivity index (χ2n) is 4.07. The van der Waals surface area contributed by atoms with Crippen molar-refractivity contribution >= 4 is 22.1 Å². The number of hydrogen-bond donors (Lipinski definition) is 2. The van der Waals surface area contributed by atoms with Crippen molar-refractivity contribution in [1.82, 2.24) is 10.4 Å². The summed E-state index contributed by atoms with van der Waals surface area (Å²) in [5, 5.41) is 6.45. The molecule has 0 saturated carbocycles. The number of hydrogen-bond acceptors (Lipinski definition) is 4. The van der Waals surface area contributed by atoms with Crippen molar-refractivity contribution in [2.75, 3.05) is 0 Å². The fraction of sp³-hybridized carbons (Fsp3) is 0.0714. The lowest BCUT2D eigenvalue weighted by molar-refractivity contribution is 0.627. The minimum atomic E-state index is -0.0673. The van der Waals surface area contributed by atoms with Gasteiger partial charge in [-0.3, -0.25) is 10.8 Å². The van der Waals surface area contributed by atoms with Gasteiger partial charge in [-0.15, -0.1) is 0 Å². The Kier molecular flexibility index (Phi) is 3.06. The average Bonchev–Trinajstić information content (AvgIpc) is 2.94. The number of hydrazine groups is 1. The molecule has 1 atom stereocenters. The number of nitrogens with two attached hydrogens (primary N) is 1. The summed E-state index contributed by atoms with van der Waals surface area (Å²) in [5.74, 6) is 5.70. The standard InChI is InChI=1S/C14H13N3S/c15-17-13(11-6-8-18-9-11)14-12-4-2-1-3-10(12)5-7-16-14/h1-9,13,17H,15H2. The molecule has 0 aliphatic heterocycles. The molecule has 1 aromatic carbocycles. The van der Waals surface area contributed by atoms with E-state index in [2.05, 4.69) is 34.0 Å². The summed E-state index contributed by atoms with van der Waals surface area (Å²) < 4.78 is 0. The van der Waals surface area contributed by atoms with E-state index in [1.807, 2.05) is 29.8 Å². The number of aromatic nitrogens is 1. The van der Waals surface area contributed by atoms with Crippen LogP contribution in [0.2, 0.25) is 0 Å². The Bertz CT molecular complexity index is 644. The van der Waals surface area contributed by atoms with E-state index < -0.39 is 0 Å². The fourth-order valence-corrected chi connectivity index (χ4v) is 2.83. The first kappa shape index (κ1) is 11.3. The first-order chi connectivity index (χ1) is 8.90. The molecule has 4 heteroatoms. The largest absolute Gasteiger partial charge is 0.271 e. The van der Waals surface area contributed by atoms with Crippen LogP contribution in [0.3, 0.4) is 0 Å². The van der Waals surface area contributed by atoms with Crippen molar-refractivity contribution in [3.63, 3.8) is 0 Å². The van der Waals surface area contributed by atoms with Crippen LogP contribution >= 0.6 is 11.3 Å². The number of rotatable bonds is 3. The molecule has 2 heterocycles. The topological polar surface area (TPSA) is 50.9 Å². The van der Waals surface area contributed by atoms with E-state index in [9.17, 15) is 0 Å². The summed E-state index contributed by atoms with van der Waals surface area (Å²) in [6.07, 6.45) is 1.83. The maximum absolute atomic E-state index is 5.70. The van der Waals surface area contributed by atoms with Gasteiger partial charge in [-0.05, 0) is 33.8 Å². The molecule has 3 nitrogen and oxygen atoms in total. The van der Waals surface area contributed by atoms with Gasteiger partial charge in [0, 0.05) is 11.6 Å². The molecule has 0 fully saturated rings. The Morgan fingerprint density at radius 2 is 2.06 bits per heavy atom. The third-order valence-corrected chi connectivity index (χ3v) is 3.72. The normalized spacial score (nSPS) is 12.7. The number of thiophene rings is 1. The van der Waals surface area contributed by atoms with Gasteiger partial charge in [-0.1, -0.05) is 24.3 Å². The first-order valence-electron chi connectivity index (χ1n) is 5.72. The zero-order valence-electron chi connectivity index (χ0n) is 9.71. The van der Waals surface area contributed by atoms with Gasteiger partial charge in [0.25, 0.3) is 0 Å². The molecule has 0 spiro atoms. The van der Waals surface area contributed by atoms with Crippen LogP contribution in [0, 0.1) is 0 Å². The Balaban J connectivity index is 2.18. The number of pyridine rings is 1. The second-order valence-corrected chi connectivity index (χ2v) is 4.85. The molecule has 0 bridgehead atoms. The van der Waals surface area contributed by atoms with Crippen LogP contribution in [0.15, 0.2) is 53.4 Å². The van der Waals surface area contributed by atoms with Gasteiger partial charge >= 0.3 is 0 Å². The van der Waals surface area contributed by atoms with E-state index in [1.165, 1.54) is 5.39 Å². The van der Waals surface area contributed by atoms with Crippen molar-refractivity contribution in [1.29, 1.82) is 0 Å². The van der Waals surface area contributed by atoms with Gasteiger partial charge in [0.2, 0.25) is 0 Å². The van der Waals surface area contributed by atoms with Gasteiger partial charge in [-0.2, -0.15) is 11.3 Å². The first-order valence-corrected chi connectivity index (χ1v) is 6.66. The maximum atomic E-state index is 5.70. The Morgan fingerprint density at radius 1 is 1.17 bits per heavy atom. The monoisotopic (exact) mass is 255 g/mol.